The van der Waals surface area contributed by atoms with Crippen molar-refractivity contribution in [1.29, 1.82) is 0 Å². The molecule has 1 aliphatic rings. The molecule has 0 saturated heterocycles. The van der Waals surface area contributed by atoms with Gasteiger partial charge in [0.05, 0.1) is 13.5 Å². The number of carbonyl (C=O) groups excluding carboxylic acids is 1. The maximum atomic E-state index is 12.8. The molecule has 138 valence electrons. The summed E-state index contributed by atoms with van der Waals surface area (Å²) in [6.07, 6.45) is -3.30. The number of alkyl halides is 3. The minimum atomic E-state index is -4.73. The second kappa shape index (κ2) is 7.27. The maximum Gasteiger partial charge on any atom is 0.573 e. The Morgan fingerprint density at radius 2 is 1.96 bits per heavy atom. The smallest absolute Gasteiger partial charge is 0.496 e. The van der Waals surface area contributed by atoms with Gasteiger partial charge in [-0.25, -0.2) is 0 Å². The zero-order valence-electron chi connectivity index (χ0n) is 14.2. The van der Waals surface area contributed by atoms with E-state index in [9.17, 15) is 18.0 Å². The van der Waals surface area contributed by atoms with Crippen LogP contribution in [-0.4, -0.2) is 25.9 Å². The Kier molecular flexibility index (Phi) is 5.06. The van der Waals surface area contributed by atoms with E-state index in [1.807, 2.05) is 18.2 Å². The third-order valence-corrected chi connectivity index (χ3v) is 4.24. The number of carbonyl (C=O) groups is 1. The van der Waals surface area contributed by atoms with Crippen molar-refractivity contribution in [2.75, 3.05) is 18.6 Å². The molecule has 0 saturated carbocycles. The number of halogens is 3. The molecule has 2 aromatic rings. The molecular weight excluding hydrogens is 347 g/mol. The second-order valence-electron chi connectivity index (χ2n) is 5.98. The summed E-state index contributed by atoms with van der Waals surface area (Å²) in [6, 6.07) is 11.4. The van der Waals surface area contributed by atoms with E-state index in [-0.39, 0.29) is 18.1 Å². The molecule has 0 aliphatic carbocycles. The summed E-state index contributed by atoms with van der Waals surface area (Å²) < 4.78 is 46.4. The summed E-state index contributed by atoms with van der Waals surface area (Å²) in [4.78, 5) is 14.4. The fraction of sp³-hybridized carbons (Fsp3) is 0.316. The van der Waals surface area contributed by atoms with E-state index in [0.29, 0.717) is 36.4 Å². The van der Waals surface area contributed by atoms with Crippen molar-refractivity contribution in [3.05, 3.63) is 53.6 Å². The van der Waals surface area contributed by atoms with Crippen LogP contribution in [0.2, 0.25) is 0 Å². The lowest BCUT2D eigenvalue weighted by Gasteiger charge is -2.30. The standard InChI is InChI=1S/C19H18F3NO3/c1-25-17-7-3-2-5-14(17)12-18(24)23-10-4-6-13-11-15(8-9-16(13)23)26-19(20,21)22/h2-3,5,7-9,11H,4,6,10,12H2,1H3. The van der Waals surface area contributed by atoms with Gasteiger partial charge in [-0.05, 0) is 42.7 Å². The van der Waals surface area contributed by atoms with E-state index in [0.717, 1.165) is 5.56 Å². The van der Waals surface area contributed by atoms with Crippen LogP contribution in [0.25, 0.3) is 0 Å². The lowest BCUT2D eigenvalue weighted by molar-refractivity contribution is -0.274. The Morgan fingerprint density at radius 1 is 1.19 bits per heavy atom. The normalized spacial score (nSPS) is 13.9. The summed E-state index contributed by atoms with van der Waals surface area (Å²) in [5.41, 5.74) is 2.07. The summed E-state index contributed by atoms with van der Waals surface area (Å²) in [7, 11) is 1.54. The predicted molar refractivity (Wildman–Crippen MR) is 90.5 cm³/mol. The Morgan fingerprint density at radius 3 is 2.69 bits per heavy atom. The van der Waals surface area contributed by atoms with Crippen LogP contribution in [0.4, 0.5) is 18.9 Å². The van der Waals surface area contributed by atoms with Gasteiger partial charge >= 0.3 is 6.36 Å². The summed E-state index contributed by atoms with van der Waals surface area (Å²) in [5.74, 6) is 0.238. The van der Waals surface area contributed by atoms with Gasteiger partial charge in [0, 0.05) is 17.8 Å². The van der Waals surface area contributed by atoms with Crippen molar-refractivity contribution in [3.8, 4) is 11.5 Å². The van der Waals surface area contributed by atoms with Gasteiger partial charge in [-0.1, -0.05) is 18.2 Å². The Labute approximate surface area is 149 Å². The van der Waals surface area contributed by atoms with Crippen LogP contribution in [0.3, 0.4) is 0 Å². The van der Waals surface area contributed by atoms with Crippen molar-refractivity contribution < 1.29 is 27.4 Å². The highest BCUT2D eigenvalue weighted by atomic mass is 19.4. The first-order valence-corrected chi connectivity index (χ1v) is 8.18. The van der Waals surface area contributed by atoms with Crippen molar-refractivity contribution in [2.24, 2.45) is 0 Å². The van der Waals surface area contributed by atoms with Gasteiger partial charge < -0.3 is 14.4 Å². The molecule has 1 aliphatic heterocycles. The summed E-state index contributed by atoms with van der Waals surface area (Å²) in [5, 5.41) is 0. The van der Waals surface area contributed by atoms with Crippen LogP contribution in [0.1, 0.15) is 17.5 Å². The average molecular weight is 365 g/mol. The first-order chi connectivity index (χ1) is 12.4. The number of fused-ring (bicyclic) bond motifs is 1. The van der Waals surface area contributed by atoms with E-state index in [4.69, 9.17) is 4.74 Å². The first-order valence-electron chi connectivity index (χ1n) is 8.18. The van der Waals surface area contributed by atoms with Gasteiger partial charge in [-0.3, -0.25) is 4.79 Å². The number of hydrogen-bond acceptors (Lipinski definition) is 3. The van der Waals surface area contributed by atoms with E-state index >= 15 is 0 Å². The van der Waals surface area contributed by atoms with Crippen molar-refractivity contribution in [1.82, 2.24) is 0 Å². The molecule has 0 unspecified atom stereocenters. The fourth-order valence-electron chi connectivity index (χ4n) is 3.14. The molecule has 0 fully saturated rings. The number of aryl methyl sites for hydroxylation is 1. The van der Waals surface area contributed by atoms with Crippen LogP contribution in [0.15, 0.2) is 42.5 Å². The van der Waals surface area contributed by atoms with Crippen molar-refractivity contribution in [2.45, 2.75) is 25.6 Å². The highest BCUT2D eigenvalue weighted by Crippen LogP contribution is 2.33. The number of methoxy groups -OCH3 is 1. The van der Waals surface area contributed by atoms with Gasteiger partial charge in [0.2, 0.25) is 5.91 Å². The molecule has 0 spiro atoms. The maximum absolute atomic E-state index is 12.8. The number of anilines is 1. The minimum absolute atomic E-state index is 0.125. The summed E-state index contributed by atoms with van der Waals surface area (Å²) >= 11 is 0. The Balaban J connectivity index is 1.81. The highest BCUT2D eigenvalue weighted by molar-refractivity contribution is 5.96. The van der Waals surface area contributed by atoms with E-state index < -0.39 is 6.36 Å². The fourth-order valence-corrected chi connectivity index (χ4v) is 3.14. The first kappa shape index (κ1) is 18.1. The topological polar surface area (TPSA) is 38.8 Å². The Bertz CT molecular complexity index is 805. The molecular formula is C19H18F3NO3. The lowest BCUT2D eigenvalue weighted by atomic mass is 10.00. The quantitative estimate of drug-likeness (QED) is 0.818. The third kappa shape index (κ3) is 4.09. The van der Waals surface area contributed by atoms with Gasteiger partial charge in [-0.2, -0.15) is 0 Å². The number of rotatable bonds is 4. The summed E-state index contributed by atoms with van der Waals surface area (Å²) in [6.45, 7) is 0.528. The third-order valence-electron chi connectivity index (χ3n) is 4.24. The van der Waals surface area contributed by atoms with E-state index in [1.165, 1.54) is 18.2 Å². The van der Waals surface area contributed by atoms with Crippen LogP contribution >= 0.6 is 0 Å². The molecule has 0 radical (unpaired) electrons. The van der Waals surface area contributed by atoms with Crippen LogP contribution in [0.5, 0.6) is 11.5 Å². The van der Waals surface area contributed by atoms with Gasteiger partial charge in [-0.15, -0.1) is 13.2 Å². The molecule has 7 heteroatoms. The van der Waals surface area contributed by atoms with Gasteiger partial charge in [0.15, 0.2) is 0 Å². The van der Waals surface area contributed by atoms with Crippen LogP contribution in [0, 0.1) is 0 Å². The van der Waals surface area contributed by atoms with E-state index in [2.05, 4.69) is 4.74 Å². The molecule has 0 bridgehead atoms. The molecule has 0 aromatic heterocycles. The van der Waals surface area contributed by atoms with Crippen LogP contribution < -0.4 is 14.4 Å². The van der Waals surface area contributed by atoms with Gasteiger partial charge in [0.1, 0.15) is 11.5 Å². The molecule has 1 amide bonds. The second-order valence-corrected chi connectivity index (χ2v) is 5.98. The number of amides is 1. The molecule has 4 nitrogen and oxygen atoms in total. The zero-order chi connectivity index (χ0) is 18.7. The number of para-hydroxylation sites is 1. The average Bonchev–Trinajstić information content (AvgIpc) is 2.60. The molecule has 1 heterocycles. The number of ether oxygens (including phenoxy) is 2. The number of benzene rings is 2. The zero-order valence-corrected chi connectivity index (χ0v) is 14.2. The minimum Gasteiger partial charge on any atom is -0.496 e. The van der Waals surface area contributed by atoms with Crippen molar-refractivity contribution in [3.63, 3.8) is 0 Å². The molecule has 2 aromatic carbocycles. The molecule has 26 heavy (non-hydrogen) atoms. The number of nitrogens with zero attached hydrogens (tertiary/aromatic N) is 1. The number of hydrogen-bond donors (Lipinski definition) is 0. The lowest BCUT2D eigenvalue weighted by Crippen LogP contribution is -2.36. The van der Waals surface area contributed by atoms with Crippen molar-refractivity contribution >= 4 is 11.6 Å². The van der Waals surface area contributed by atoms with E-state index in [1.54, 1.807) is 18.1 Å². The predicted octanol–water partition coefficient (Wildman–Crippen LogP) is 4.12. The van der Waals surface area contributed by atoms with Gasteiger partial charge in [0.25, 0.3) is 0 Å². The Hall–Kier alpha value is -2.70. The van der Waals surface area contributed by atoms with Crippen LogP contribution in [-0.2, 0) is 17.6 Å². The molecule has 0 N–H and O–H groups in total. The monoisotopic (exact) mass is 365 g/mol. The highest BCUT2D eigenvalue weighted by Gasteiger charge is 2.32. The molecule has 0 atom stereocenters. The largest absolute Gasteiger partial charge is 0.573 e. The molecule has 3 rings (SSSR count). The SMILES string of the molecule is COc1ccccc1CC(=O)N1CCCc2cc(OC(F)(F)F)ccc21.